The van der Waals surface area contributed by atoms with E-state index < -0.39 is 26.2 Å². The molecular weight excluding hydrogens is 375 g/mol. The highest BCUT2D eigenvalue weighted by atomic mass is 79.9. The van der Waals surface area contributed by atoms with E-state index in [1.807, 2.05) is 0 Å². The Hall–Kier alpha value is -1.38. The number of sulfonamides is 1. The van der Waals surface area contributed by atoms with Gasteiger partial charge in [0, 0.05) is 22.9 Å². The topological polar surface area (TPSA) is 79.0 Å². The quantitative estimate of drug-likeness (QED) is 0.858. The van der Waals surface area contributed by atoms with Crippen molar-refractivity contribution in [1.29, 1.82) is 0 Å². The summed E-state index contributed by atoms with van der Waals surface area (Å²) in [7, 11) is -4.13. The number of anilines is 1. The normalized spacial score (nSPS) is 11.3. The molecule has 0 fully saturated rings. The maximum absolute atomic E-state index is 13.1. The first-order valence-corrected chi connectivity index (χ1v) is 7.81. The number of halogens is 3. The fraction of sp³-hybridized carbons (Fsp3) is 0. The lowest BCUT2D eigenvalue weighted by Crippen LogP contribution is -2.21. The lowest BCUT2D eigenvalue weighted by Gasteiger charge is -2.11. The Balaban J connectivity index is 2.50. The lowest BCUT2D eigenvalue weighted by molar-refractivity contribution is 0.599. The van der Waals surface area contributed by atoms with E-state index in [0.29, 0.717) is 0 Å². The van der Waals surface area contributed by atoms with Crippen molar-refractivity contribution in [3.8, 4) is 0 Å². The molecule has 0 spiro atoms. The van der Waals surface area contributed by atoms with Gasteiger partial charge in [-0.05, 0) is 28.1 Å². The monoisotopic (exact) mass is 380 g/mol. The van der Waals surface area contributed by atoms with Gasteiger partial charge in [-0.2, -0.15) is 0 Å². The second kappa shape index (κ2) is 5.55. The predicted molar refractivity (Wildman–Crippen MR) is 77.0 cm³/mol. The maximum atomic E-state index is 13.1. The molecule has 0 radical (unpaired) electrons. The summed E-state index contributed by atoms with van der Waals surface area (Å²) >= 11 is 8.79. The Bertz CT molecular complexity index is 799. The summed E-state index contributed by atoms with van der Waals surface area (Å²) in [6.07, 6.45) is 2.36. The number of nitrogens with one attached hydrogen (secondary N) is 2. The third kappa shape index (κ3) is 3.02. The molecule has 5 nitrogen and oxygen atoms in total. The van der Waals surface area contributed by atoms with Crippen molar-refractivity contribution in [3.05, 3.63) is 56.1 Å². The highest BCUT2D eigenvalue weighted by molar-refractivity contribution is 9.10. The van der Waals surface area contributed by atoms with Gasteiger partial charge in [-0.25, -0.2) is 12.8 Å². The van der Waals surface area contributed by atoms with Gasteiger partial charge >= 0.3 is 0 Å². The number of rotatable bonds is 3. The van der Waals surface area contributed by atoms with Crippen LogP contribution >= 0.6 is 27.5 Å². The average molecular weight is 382 g/mol. The summed E-state index contributed by atoms with van der Waals surface area (Å²) in [5.74, 6) is -0.623. The van der Waals surface area contributed by atoms with Gasteiger partial charge in [0.25, 0.3) is 10.0 Å². The molecule has 20 heavy (non-hydrogen) atoms. The van der Waals surface area contributed by atoms with Crippen LogP contribution in [-0.2, 0) is 10.0 Å². The third-order valence-electron chi connectivity index (χ3n) is 2.32. The SMILES string of the molecule is O=c1cc[nH]cc1S(=O)(=O)Nc1c(Cl)cc(F)cc1Br. The van der Waals surface area contributed by atoms with Crippen LogP contribution in [0.4, 0.5) is 10.1 Å². The van der Waals surface area contributed by atoms with Crippen LogP contribution in [0, 0.1) is 5.82 Å². The molecule has 0 saturated carbocycles. The zero-order valence-corrected chi connectivity index (χ0v) is 12.8. The van der Waals surface area contributed by atoms with Crippen molar-refractivity contribution >= 4 is 43.2 Å². The Morgan fingerprint density at radius 3 is 2.65 bits per heavy atom. The van der Waals surface area contributed by atoms with Crippen molar-refractivity contribution in [1.82, 2.24) is 4.98 Å². The molecule has 0 unspecified atom stereocenters. The van der Waals surface area contributed by atoms with Crippen LogP contribution < -0.4 is 10.2 Å². The van der Waals surface area contributed by atoms with E-state index in [2.05, 4.69) is 25.6 Å². The van der Waals surface area contributed by atoms with E-state index in [9.17, 15) is 17.6 Å². The molecule has 1 aromatic carbocycles. The number of benzene rings is 1. The van der Waals surface area contributed by atoms with Gasteiger partial charge in [0.05, 0.1) is 10.7 Å². The van der Waals surface area contributed by atoms with Gasteiger partial charge < -0.3 is 4.98 Å². The van der Waals surface area contributed by atoms with E-state index in [1.54, 1.807) is 0 Å². The van der Waals surface area contributed by atoms with Gasteiger partial charge in [0.2, 0.25) is 5.43 Å². The van der Waals surface area contributed by atoms with Crippen molar-refractivity contribution in [2.24, 2.45) is 0 Å². The Labute approximate surface area is 127 Å². The molecule has 0 bridgehead atoms. The smallest absolute Gasteiger partial charge is 0.267 e. The van der Waals surface area contributed by atoms with Crippen molar-refractivity contribution < 1.29 is 12.8 Å². The molecule has 0 aliphatic rings. The summed E-state index contributed by atoms with van der Waals surface area (Å²) in [6, 6.07) is 3.09. The first-order chi connectivity index (χ1) is 9.31. The fourth-order valence-corrected chi connectivity index (χ4v) is 3.68. The summed E-state index contributed by atoms with van der Waals surface area (Å²) in [4.78, 5) is 13.6. The summed E-state index contributed by atoms with van der Waals surface area (Å²) in [5, 5.41) is -0.132. The minimum Gasteiger partial charge on any atom is -0.366 e. The van der Waals surface area contributed by atoms with Crippen LogP contribution in [0.1, 0.15) is 0 Å². The van der Waals surface area contributed by atoms with Gasteiger partial charge in [0.15, 0.2) is 4.90 Å². The van der Waals surface area contributed by atoms with Crippen molar-refractivity contribution in [2.75, 3.05) is 4.72 Å². The first kappa shape index (κ1) is 15.0. The minimum atomic E-state index is -4.13. The molecule has 2 N–H and O–H groups in total. The second-order valence-electron chi connectivity index (χ2n) is 3.72. The molecule has 0 amide bonds. The van der Waals surface area contributed by atoms with Gasteiger partial charge in [-0.15, -0.1) is 0 Å². The molecular formula is C11H7BrClFN2O3S. The minimum absolute atomic E-state index is 0.0451. The largest absolute Gasteiger partial charge is 0.366 e. The lowest BCUT2D eigenvalue weighted by atomic mass is 10.3. The van der Waals surface area contributed by atoms with Gasteiger partial charge in [0.1, 0.15) is 5.82 Å². The summed E-state index contributed by atoms with van der Waals surface area (Å²) in [5.41, 5.74) is -0.720. The Morgan fingerprint density at radius 1 is 1.35 bits per heavy atom. The number of pyridine rings is 1. The van der Waals surface area contributed by atoms with E-state index in [0.717, 1.165) is 24.4 Å². The standard InChI is InChI=1S/C11H7BrClFN2O3S/c12-7-3-6(14)4-8(13)11(7)16-20(18,19)10-5-15-2-1-9(10)17/h1-5,16H,(H,15,17). The Kier molecular flexibility index (Phi) is 4.17. The maximum Gasteiger partial charge on any atom is 0.267 e. The molecule has 1 heterocycles. The Morgan fingerprint density at radius 2 is 2.05 bits per heavy atom. The van der Waals surface area contributed by atoms with Crippen LogP contribution in [-0.4, -0.2) is 13.4 Å². The molecule has 1 aromatic heterocycles. The number of hydrogen-bond acceptors (Lipinski definition) is 3. The van der Waals surface area contributed by atoms with Gasteiger partial charge in [-0.1, -0.05) is 11.6 Å². The number of aromatic nitrogens is 1. The van der Waals surface area contributed by atoms with Crippen molar-refractivity contribution in [3.63, 3.8) is 0 Å². The molecule has 0 aliphatic heterocycles. The van der Waals surface area contributed by atoms with E-state index in [1.165, 1.54) is 6.20 Å². The first-order valence-electron chi connectivity index (χ1n) is 5.16. The zero-order chi connectivity index (χ0) is 14.9. The highest BCUT2D eigenvalue weighted by Crippen LogP contribution is 2.33. The molecule has 2 aromatic rings. The third-order valence-corrected chi connectivity index (χ3v) is 4.62. The van der Waals surface area contributed by atoms with E-state index in [4.69, 9.17) is 11.6 Å². The average Bonchev–Trinajstić information content (AvgIpc) is 2.34. The molecule has 0 saturated heterocycles. The van der Waals surface area contributed by atoms with Crippen LogP contribution in [0.25, 0.3) is 0 Å². The molecule has 0 atom stereocenters. The van der Waals surface area contributed by atoms with Crippen LogP contribution in [0.15, 0.2) is 44.8 Å². The van der Waals surface area contributed by atoms with Crippen LogP contribution in [0.2, 0.25) is 5.02 Å². The number of hydrogen-bond donors (Lipinski definition) is 2. The fourth-order valence-electron chi connectivity index (χ4n) is 1.44. The summed E-state index contributed by atoms with van der Waals surface area (Å²) < 4.78 is 39.6. The number of H-pyrrole nitrogens is 1. The van der Waals surface area contributed by atoms with Crippen LogP contribution in [0.5, 0.6) is 0 Å². The zero-order valence-electron chi connectivity index (χ0n) is 9.65. The summed E-state index contributed by atoms with van der Waals surface area (Å²) in [6.45, 7) is 0. The van der Waals surface area contributed by atoms with Gasteiger partial charge in [-0.3, -0.25) is 9.52 Å². The predicted octanol–water partition coefficient (Wildman–Crippen LogP) is 2.73. The molecule has 106 valence electrons. The van der Waals surface area contributed by atoms with E-state index >= 15 is 0 Å². The van der Waals surface area contributed by atoms with Crippen molar-refractivity contribution in [2.45, 2.75) is 4.90 Å². The second-order valence-corrected chi connectivity index (χ2v) is 6.64. The molecule has 2 rings (SSSR count). The van der Waals surface area contributed by atoms with Crippen LogP contribution in [0.3, 0.4) is 0 Å². The molecule has 9 heteroatoms. The van der Waals surface area contributed by atoms with E-state index in [-0.39, 0.29) is 15.2 Å². The number of aromatic amines is 1. The highest BCUT2D eigenvalue weighted by Gasteiger charge is 2.20. The molecule has 0 aliphatic carbocycles.